The predicted octanol–water partition coefficient (Wildman–Crippen LogP) is 5.82. The molecule has 0 saturated carbocycles. The molecule has 0 aromatic heterocycles. The van der Waals surface area contributed by atoms with Gasteiger partial charge in [-0.15, -0.1) is 0 Å². The average Bonchev–Trinajstić information content (AvgIpc) is 3.29. The second-order valence-electron chi connectivity index (χ2n) is 22.9. The molecule has 20 heteroatoms. The molecule has 1 saturated heterocycles. The van der Waals surface area contributed by atoms with Crippen LogP contribution >= 0.6 is 0 Å². The molecule has 0 spiro atoms. The summed E-state index contributed by atoms with van der Waals surface area (Å²) in [7, 11) is 0. The number of aliphatic carboxylic acids is 2. The van der Waals surface area contributed by atoms with Gasteiger partial charge in [-0.1, -0.05) is 141 Å². The van der Waals surface area contributed by atoms with E-state index in [0.29, 0.717) is 18.8 Å². The van der Waals surface area contributed by atoms with Crippen LogP contribution in [0.4, 0.5) is 0 Å². The van der Waals surface area contributed by atoms with Gasteiger partial charge < -0.3 is 52.2 Å². The van der Waals surface area contributed by atoms with Crippen LogP contribution in [0, 0.1) is 35.5 Å². The van der Waals surface area contributed by atoms with Gasteiger partial charge in [-0.3, -0.25) is 43.2 Å². The highest BCUT2D eigenvalue weighted by atomic mass is 16.5. The largest absolute Gasteiger partial charge is 0.481 e. The van der Waals surface area contributed by atoms with Gasteiger partial charge in [0.05, 0.1) is 12.8 Å². The van der Waals surface area contributed by atoms with E-state index in [4.69, 9.17) is 4.74 Å². The topological polar surface area (TPSA) is 305 Å². The Kier molecular flexibility index (Phi) is 32.4. The summed E-state index contributed by atoms with van der Waals surface area (Å²) in [6.45, 7) is 22.3. The molecule has 1 aliphatic rings. The molecule has 0 bridgehead atoms. The lowest BCUT2D eigenvalue weighted by atomic mass is 9.97. The van der Waals surface area contributed by atoms with Crippen molar-refractivity contribution in [1.29, 1.82) is 0 Å². The third kappa shape index (κ3) is 29.0. The zero-order chi connectivity index (χ0) is 56.9. The van der Waals surface area contributed by atoms with Crippen LogP contribution < -0.4 is 37.2 Å². The van der Waals surface area contributed by atoms with Crippen LogP contribution in [0.2, 0.25) is 0 Å². The van der Waals surface area contributed by atoms with Crippen molar-refractivity contribution in [3.8, 4) is 0 Å². The van der Waals surface area contributed by atoms with Crippen LogP contribution in [0.1, 0.15) is 205 Å². The third-order valence-corrected chi connectivity index (χ3v) is 13.2. The second-order valence-corrected chi connectivity index (χ2v) is 22.9. The summed E-state index contributed by atoms with van der Waals surface area (Å²) >= 11 is 0. The number of rotatable bonds is 26. The molecule has 7 amide bonds. The Morgan fingerprint density at radius 3 is 1.23 bits per heavy atom. The molecule has 6 unspecified atom stereocenters. The second kappa shape index (κ2) is 35.9. The van der Waals surface area contributed by atoms with E-state index in [0.717, 1.165) is 32.1 Å². The smallest absolute Gasteiger partial charge is 0.329 e. The summed E-state index contributed by atoms with van der Waals surface area (Å²) in [4.78, 5) is 137. The predicted molar refractivity (Wildman–Crippen MR) is 285 cm³/mol. The Morgan fingerprint density at radius 1 is 0.467 bits per heavy atom. The van der Waals surface area contributed by atoms with Crippen LogP contribution in [0.3, 0.4) is 0 Å². The summed E-state index contributed by atoms with van der Waals surface area (Å²) in [6.07, 6.45) is 6.61. The molecule has 430 valence electrons. The number of ether oxygens (including phenoxy) is 1. The first kappa shape index (κ1) is 67.7. The number of cyclic esters (lactones) is 1. The van der Waals surface area contributed by atoms with Gasteiger partial charge in [0, 0.05) is 6.42 Å². The fourth-order valence-corrected chi connectivity index (χ4v) is 8.90. The van der Waals surface area contributed by atoms with Crippen molar-refractivity contribution in [1.82, 2.24) is 37.2 Å². The number of carbonyl (C=O) groups is 10. The zero-order valence-electron chi connectivity index (χ0n) is 47.4. The lowest BCUT2D eigenvalue weighted by Gasteiger charge is -2.29. The van der Waals surface area contributed by atoms with Gasteiger partial charge in [0.15, 0.2) is 0 Å². The molecule has 20 nitrogen and oxygen atoms in total. The van der Waals surface area contributed by atoms with Crippen molar-refractivity contribution in [3.63, 3.8) is 0 Å². The first-order valence-electron chi connectivity index (χ1n) is 27.9. The Morgan fingerprint density at radius 2 is 0.840 bits per heavy atom. The third-order valence-electron chi connectivity index (χ3n) is 13.2. The highest BCUT2D eigenvalue weighted by Gasteiger charge is 2.37. The molecule has 0 aliphatic carbocycles. The first-order valence-corrected chi connectivity index (χ1v) is 27.9. The summed E-state index contributed by atoms with van der Waals surface area (Å²) in [5, 5.41) is 38.1. The molecular weight excluding hydrogens is 967 g/mol. The van der Waals surface area contributed by atoms with Crippen molar-refractivity contribution in [2.75, 3.05) is 0 Å². The fraction of sp³-hybridized carbons (Fsp3) is 0.818. The fourth-order valence-electron chi connectivity index (χ4n) is 8.90. The van der Waals surface area contributed by atoms with Crippen LogP contribution in [0.25, 0.3) is 0 Å². The van der Waals surface area contributed by atoms with Gasteiger partial charge in [-0.2, -0.15) is 0 Å². The van der Waals surface area contributed by atoms with Gasteiger partial charge in [0.2, 0.25) is 41.4 Å². The molecule has 9 N–H and O–H groups in total. The van der Waals surface area contributed by atoms with E-state index in [-0.39, 0.29) is 62.2 Å². The Balaban J connectivity index is 3.96. The van der Waals surface area contributed by atoms with E-state index in [2.05, 4.69) is 51.1 Å². The Bertz CT molecular complexity index is 1840. The van der Waals surface area contributed by atoms with Crippen LogP contribution in [0.15, 0.2) is 0 Å². The van der Waals surface area contributed by atoms with Crippen molar-refractivity contribution < 1.29 is 62.9 Å². The minimum absolute atomic E-state index is 0.0297. The standard InChI is InChI=1S/C55H97N7O13/c1-13-37(12)48-55(74)75-38(23-21-19-17-15-14-16-18-20-22-32(2)3)30-45(63)56-39(24-25-46(64)65)49(68)57-40(26-33(4)5)50(69)58-41(27-34(6)7)51(70)59-42(28-35(8)9)52(71)61-44(31-47(66)67)53(72)60-43(29-36(10)11)54(73)62-48/h32-44,48H,13-31H2,1-12H3,(H,56,63)(H,57,68)(H,58,69)(H,59,70)(H,60,72)(H,61,71)(H,62,73)(H,64,65)(H,66,67)/t37?,38?,39-,40?,41?,42?,43?,44-,48-/m0/s1. The van der Waals surface area contributed by atoms with Crippen LogP contribution in [0.5, 0.6) is 0 Å². The highest BCUT2D eigenvalue weighted by molar-refractivity contribution is 5.98. The normalized spacial score (nSPS) is 24.1. The molecule has 9 atom stereocenters. The lowest BCUT2D eigenvalue weighted by molar-refractivity contribution is -0.156. The van der Waals surface area contributed by atoms with Gasteiger partial charge in [-0.25, -0.2) is 4.79 Å². The molecule has 1 rings (SSSR count). The number of hydrogen-bond donors (Lipinski definition) is 9. The van der Waals surface area contributed by atoms with Crippen molar-refractivity contribution >= 4 is 59.3 Å². The average molecular weight is 1060 g/mol. The van der Waals surface area contributed by atoms with E-state index in [1.807, 2.05) is 13.8 Å². The summed E-state index contributed by atoms with van der Waals surface area (Å²) in [5.41, 5.74) is 0. The summed E-state index contributed by atoms with van der Waals surface area (Å²) in [6, 6.07) is -9.63. The number of carboxylic acid groups (broad SMARTS) is 2. The Labute approximate surface area is 447 Å². The van der Waals surface area contributed by atoms with E-state index < -0.39 is 133 Å². The molecule has 1 aliphatic heterocycles. The Hall–Kier alpha value is -5.30. The van der Waals surface area contributed by atoms with Gasteiger partial charge in [0.1, 0.15) is 48.4 Å². The SMILES string of the molecule is CCC(C)[C@@H]1NC(=O)C(CC(C)C)NC(=O)[C@H](CC(=O)O)NC(=O)C(CC(C)C)NC(=O)C(CC(C)C)NC(=O)C(CC(C)C)NC(=O)[C@H](CCC(=O)O)NC(=O)CC(CCCCCCCCCCC(C)C)OC1=O. The van der Waals surface area contributed by atoms with E-state index in [1.165, 1.54) is 19.3 Å². The number of carbonyl (C=O) groups excluding carboxylic acids is 8. The minimum Gasteiger partial charge on any atom is -0.481 e. The van der Waals surface area contributed by atoms with Gasteiger partial charge in [-0.05, 0) is 80.5 Å². The molecule has 0 aromatic carbocycles. The minimum atomic E-state index is -1.72. The molecule has 1 fully saturated rings. The van der Waals surface area contributed by atoms with Crippen molar-refractivity contribution in [2.24, 2.45) is 35.5 Å². The first-order chi connectivity index (χ1) is 35.1. The number of carboxylic acids is 2. The van der Waals surface area contributed by atoms with Gasteiger partial charge >= 0.3 is 17.9 Å². The van der Waals surface area contributed by atoms with E-state index >= 15 is 0 Å². The van der Waals surface area contributed by atoms with Crippen LogP contribution in [-0.4, -0.2) is 118 Å². The summed E-state index contributed by atoms with van der Waals surface area (Å²) in [5.74, 6) is -10.0. The molecule has 1 heterocycles. The number of amides is 7. The number of esters is 1. The highest BCUT2D eigenvalue weighted by Crippen LogP contribution is 2.20. The van der Waals surface area contributed by atoms with Crippen molar-refractivity contribution in [2.45, 2.75) is 253 Å². The summed E-state index contributed by atoms with van der Waals surface area (Å²) < 4.78 is 6.08. The lowest BCUT2D eigenvalue weighted by Crippen LogP contribution is -2.60. The maximum atomic E-state index is 14.3. The maximum Gasteiger partial charge on any atom is 0.329 e. The number of nitrogens with one attached hydrogen (secondary N) is 7. The zero-order valence-corrected chi connectivity index (χ0v) is 47.4. The number of unbranched alkanes of at least 4 members (excludes halogenated alkanes) is 7. The molecule has 0 radical (unpaired) electrons. The molecular formula is C55H97N7O13. The van der Waals surface area contributed by atoms with E-state index in [9.17, 15) is 58.2 Å². The molecule has 0 aromatic rings. The van der Waals surface area contributed by atoms with Crippen molar-refractivity contribution in [3.05, 3.63) is 0 Å². The van der Waals surface area contributed by atoms with Gasteiger partial charge in [0.25, 0.3) is 0 Å². The molecule has 75 heavy (non-hydrogen) atoms. The number of hydrogen-bond acceptors (Lipinski definition) is 11. The van der Waals surface area contributed by atoms with E-state index in [1.54, 1.807) is 55.4 Å². The van der Waals surface area contributed by atoms with Crippen LogP contribution in [-0.2, 0) is 52.7 Å². The maximum absolute atomic E-state index is 14.3. The monoisotopic (exact) mass is 1060 g/mol. The quantitative estimate of drug-likeness (QED) is 0.0365.